The zero-order valence-corrected chi connectivity index (χ0v) is 17.4. The fraction of sp³-hybridized carbons (Fsp3) is 0.391. The summed E-state index contributed by atoms with van der Waals surface area (Å²) >= 11 is 6.44. The molecule has 1 amide bonds. The molecular weight excluding hydrogens is 400 g/mol. The molecule has 6 nitrogen and oxygen atoms in total. The van der Waals surface area contributed by atoms with E-state index in [0.29, 0.717) is 29.0 Å². The largest absolute Gasteiger partial charge is 0.508 e. The van der Waals surface area contributed by atoms with Gasteiger partial charge in [0.2, 0.25) is 0 Å². The van der Waals surface area contributed by atoms with Gasteiger partial charge in [0.15, 0.2) is 0 Å². The molecule has 0 bridgehead atoms. The van der Waals surface area contributed by atoms with Gasteiger partial charge in [0.1, 0.15) is 11.5 Å². The zero-order valence-electron chi connectivity index (χ0n) is 16.7. The van der Waals surface area contributed by atoms with Gasteiger partial charge in [0.25, 0.3) is 5.91 Å². The summed E-state index contributed by atoms with van der Waals surface area (Å²) in [5.74, 6) is 1.48. The van der Waals surface area contributed by atoms with Gasteiger partial charge in [-0.15, -0.1) is 0 Å². The van der Waals surface area contributed by atoms with E-state index in [0.717, 1.165) is 24.3 Å². The van der Waals surface area contributed by atoms with Gasteiger partial charge >= 0.3 is 0 Å². The fourth-order valence-corrected chi connectivity index (χ4v) is 5.22. The summed E-state index contributed by atoms with van der Waals surface area (Å²) in [7, 11) is 0. The Balaban J connectivity index is 1.38. The maximum atomic E-state index is 13.0. The number of nitrogens with one attached hydrogen (secondary N) is 1. The number of carbonyl (C=O) groups is 1. The number of phenols is 1. The molecule has 3 atom stereocenters. The highest BCUT2D eigenvalue weighted by atomic mass is 35.5. The van der Waals surface area contributed by atoms with Gasteiger partial charge in [0.05, 0.1) is 16.8 Å². The van der Waals surface area contributed by atoms with Gasteiger partial charge in [0, 0.05) is 19.5 Å². The molecule has 0 spiro atoms. The van der Waals surface area contributed by atoms with E-state index in [1.807, 2.05) is 41.4 Å². The molecule has 5 rings (SSSR count). The summed E-state index contributed by atoms with van der Waals surface area (Å²) in [4.78, 5) is 13.0. The normalized spacial score (nSPS) is 26.0. The number of phenolic OH excluding ortho intramolecular Hbond substituents is 1. The maximum Gasteiger partial charge on any atom is 0.281 e. The van der Waals surface area contributed by atoms with Gasteiger partial charge in [-0.25, -0.2) is 5.01 Å². The molecule has 1 saturated carbocycles. The van der Waals surface area contributed by atoms with Crippen molar-refractivity contribution < 1.29 is 9.90 Å². The summed E-state index contributed by atoms with van der Waals surface area (Å²) < 4.78 is 0. The summed E-state index contributed by atoms with van der Waals surface area (Å²) in [6, 6.07) is 14.4. The van der Waals surface area contributed by atoms with Crippen molar-refractivity contribution in [3.63, 3.8) is 0 Å². The minimum atomic E-state index is -0.163. The second kappa shape index (κ2) is 7.93. The van der Waals surface area contributed by atoms with Crippen LogP contribution in [-0.2, 0) is 4.79 Å². The van der Waals surface area contributed by atoms with Gasteiger partial charge < -0.3 is 5.11 Å². The third-order valence-corrected chi connectivity index (χ3v) is 6.86. The van der Waals surface area contributed by atoms with E-state index in [2.05, 4.69) is 15.5 Å². The Morgan fingerprint density at radius 3 is 2.47 bits per heavy atom. The average molecular weight is 425 g/mol. The number of hydrazine groups is 1. The molecule has 0 aromatic heterocycles. The highest BCUT2D eigenvalue weighted by Gasteiger charge is 2.38. The van der Waals surface area contributed by atoms with Crippen molar-refractivity contribution in [2.24, 2.45) is 16.9 Å². The second-order valence-electron chi connectivity index (χ2n) is 8.45. The molecule has 30 heavy (non-hydrogen) atoms. The van der Waals surface area contributed by atoms with Crippen molar-refractivity contribution in [3.8, 4) is 5.75 Å². The van der Waals surface area contributed by atoms with Crippen LogP contribution in [0.3, 0.4) is 0 Å². The van der Waals surface area contributed by atoms with Crippen molar-refractivity contribution in [3.05, 3.63) is 59.1 Å². The molecule has 3 unspecified atom stereocenters. The molecule has 2 aromatic carbocycles. The number of benzene rings is 2. The standard InChI is InChI=1S/C23H25ClN4O2/c24-19-6-1-2-7-21(19)28-22(15-8-10-18(29)11-9-15)12-20(25-28)23(30)26-27-13-16-4-3-5-17(16)14-27/h1-2,6-11,16-17,22,29H,3-5,12-14H2,(H,26,30). The predicted octanol–water partition coefficient (Wildman–Crippen LogP) is 4.12. The number of aromatic hydroxyl groups is 1. The Hall–Kier alpha value is -2.57. The molecular formula is C23H25ClN4O2. The quantitative estimate of drug-likeness (QED) is 0.774. The lowest BCUT2D eigenvalue weighted by atomic mass is 10.0. The number of hydrogen-bond donors (Lipinski definition) is 2. The smallest absolute Gasteiger partial charge is 0.281 e. The molecule has 7 heteroatoms. The maximum absolute atomic E-state index is 13.0. The van der Waals surface area contributed by atoms with Gasteiger partial charge in [-0.3, -0.25) is 15.2 Å². The number of para-hydroxylation sites is 1. The minimum Gasteiger partial charge on any atom is -0.508 e. The van der Waals surface area contributed by atoms with E-state index >= 15 is 0 Å². The number of amides is 1. The highest BCUT2D eigenvalue weighted by molar-refractivity contribution is 6.40. The Bertz CT molecular complexity index is 965. The molecule has 2 aromatic rings. The van der Waals surface area contributed by atoms with Crippen LogP contribution in [0.4, 0.5) is 5.69 Å². The molecule has 3 aliphatic rings. The van der Waals surface area contributed by atoms with E-state index in [-0.39, 0.29) is 17.7 Å². The SMILES string of the molecule is O=C(NN1CC2CCCC2C1)C1=NN(c2ccccc2Cl)C(c2ccc(O)cc2)C1. The van der Waals surface area contributed by atoms with Crippen LogP contribution in [0.5, 0.6) is 5.75 Å². The second-order valence-corrected chi connectivity index (χ2v) is 8.86. The van der Waals surface area contributed by atoms with Crippen LogP contribution in [-0.4, -0.2) is 34.8 Å². The number of hydrogen-bond acceptors (Lipinski definition) is 5. The Morgan fingerprint density at radius 2 is 1.77 bits per heavy atom. The third-order valence-electron chi connectivity index (χ3n) is 6.54. The van der Waals surface area contributed by atoms with Crippen LogP contribution in [0.25, 0.3) is 0 Å². The number of nitrogens with zero attached hydrogens (tertiary/aromatic N) is 3. The average Bonchev–Trinajstić information content (AvgIpc) is 3.44. The summed E-state index contributed by atoms with van der Waals surface area (Å²) in [5, 5.41) is 18.8. The lowest BCUT2D eigenvalue weighted by Gasteiger charge is -2.24. The van der Waals surface area contributed by atoms with Gasteiger partial charge in [-0.2, -0.15) is 5.10 Å². The first-order valence-electron chi connectivity index (χ1n) is 10.5. The lowest BCUT2D eigenvalue weighted by molar-refractivity contribution is -0.119. The van der Waals surface area contributed by atoms with Crippen molar-refractivity contribution in [1.29, 1.82) is 0 Å². The van der Waals surface area contributed by atoms with Crippen LogP contribution < -0.4 is 10.4 Å². The van der Waals surface area contributed by atoms with E-state index < -0.39 is 0 Å². The Kier molecular flexibility index (Phi) is 5.13. The van der Waals surface area contributed by atoms with Crippen molar-refractivity contribution in [1.82, 2.24) is 10.4 Å². The van der Waals surface area contributed by atoms with Crippen LogP contribution >= 0.6 is 11.6 Å². The number of hydrazone groups is 1. The molecule has 2 fully saturated rings. The van der Waals surface area contributed by atoms with Crippen LogP contribution in [0.2, 0.25) is 5.02 Å². The Labute approximate surface area is 181 Å². The number of fused-ring (bicyclic) bond motifs is 1. The van der Waals surface area contributed by atoms with E-state index in [1.54, 1.807) is 12.1 Å². The van der Waals surface area contributed by atoms with Crippen molar-refractivity contribution in [2.75, 3.05) is 18.1 Å². The number of rotatable bonds is 4. The van der Waals surface area contributed by atoms with Gasteiger partial charge in [-0.05, 0) is 54.5 Å². The Morgan fingerprint density at radius 1 is 1.07 bits per heavy atom. The third kappa shape index (κ3) is 3.66. The zero-order chi connectivity index (χ0) is 20.7. The van der Waals surface area contributed by atoms with Crippen LogP contribution in [0.15, 0.2) is 53.6 Å². The van der Waals surface area contributed by atoms with Crippen LogP contribution in [0, 0.1) is 11.8 Å². The fourth-order valence-electron chi connectivity index (χ4n) is 5.00. The molecule has 1 aliphatic carbocycles. The molecule has 0 radical (unpaired) electrons. The van der Waals surface area contributed by atoms with E-state index in [1.165, 1.54) is 19.3 Å². The molecule has 156 valence electrons. The molecule has 2 aliphatic heterocycles. The van der Waals surface area contributed by atoms with Gasteiger partial charge in [-0.1, -0.05) is 42.3 Å². The highest BCUT2D eigenvalue weighted by Crippen LogP contribution is 2.39. The van der Waals surface area contributed by atoms with Crippen LogP contribution in [0.1, 0.15) is 37.3 Å². The monoisotopic (exact) mass is 424 g/mol. The first kappa shape index (κ1) is 19.4. The number of anilines is 1. The number of carbonyl (C=O) groups excluding carboxylic acids is 1. The predicted molar refractivity (Wildman–Crippen MR) is 117 cm³/mol. The van der Waals surface area contributed by atoms with Crippen molar-refractivity contribution >= 4 is 28.9 Å². The lowest BCUT2D eigenvalue weighted by Crippen LogP contribution is -2.44. The minimum absolute atomic E-state index is 0.145. The van der Waals surface area contributed by atoms with Crippen molar-refractivity contribution in [2.45, 2.75) is 31.7 Å². The van der Waals surface area contributed by atoms with E-state index in [9.17, 15) is 9.90 Å². The summed E-state index contributed by atoms with van der Waals surface area (Å²) in [5.41, 5.74) is 5.30. The summed E-state index contributed by atoms with van der Waals surface area (Å²) in [6.45, 7) is 1.86. The first-order valence-corrected chi connectivity index (χ1v) is 10.9. The molecule has 2 N–H and O–H groups in total. The first-order chi connectivity index (χ1) is 14.6. The van der Waals surface area contributed by atoms with E-state index in [4.69, 9.17) is 11.6 Å². The summed E-state index contributed by atoms with van der Waals surface area (Å²) in [6.07, 6.45) is 4.32. The molecule has 1 saturated heterocycles. The number of halogens is 1. The topological polar surface area (TPSA) is 68.2 Å². The molecule has 2 heterocycles.